The number of fused-ring (bicyclic) bond motifs is 1. The quantitative estimate of drug-likeness (QED) is 0.575. The molecule has 0 radical (unpaired) electrons. The van der Waals surface area contributed by atoms with Gasteiger partial charge in [0.05, 0.1) is 0 Å². The molecule has 0 bridgehead atoms. The van der Waals surface area contributed by atoms with Crippen LogP contribution in [0.25, 0.3) is 0 Å². The van der Waals surface area contributed by atoms with E-state index in [9.17, 15) is 4.79 Å². The van der Waals surface area contributed by atoms with Crippen LogP contribution in [-0.4, -0.2) is 23.3 Å². The Bertz CT molecular complexity index is 244. The molecular weight excluding hydrogens is 162 g/mol. The third kappa shape index (κ3) is 1.77. The maximum absolute atomic E-state index is 11.0. The Morgan fingerprint density at radius 3 is 3.00 bits per heavy atom. The number of hydrogen-bond donors (Lipinski definition) is 0. The number of ketones is 1. The van der Waals surface area contributed by atoms with Gasteiger partial charge < -0.3 is 4.90 Å². The van der Waals surface area contributed by atoms with Gasteiger partial charge in [0.2, 0.25) is 0 Å². The number of rotatable bonds is 1. The normalized spacial score (nSPS) is 30.7. The van der Waals surface area contributed by atoms with E-state index in [-0.39, 0.29) is 5.78 Å². The molecule has 72 valence electrons. The van der Waals surface area contributed by atoms with Crippen molar-refractivity contribution in [1.82, 2.24) is 4.90 Å². The van der Waals surface area contributed by atoms with Crippen molar-refractivity contribution in [3.8, 4) is 0 Å². The first-order valence-electron chi connectivity index (χ1n) is 5.25. The number of hydrogen-bond acceptors (Lipinski definition) is 2. The van der Waals surface area contributed by atoms with Crippen LogP contribution in [0.15, 0.2) is 11.8 Å². The van der Waals surface area contributed by atoms with Crippen LogP contribution >= 0.6 is 0 Å². The molecule has 0 N–H and O–H groups in total. The summed E-state index contributed by atoms with van der Waals surface area (Å²) in [4.78, 5) is 13.4. The lowest BCUT2D eigenvalue weighted by atomic mass is 9.99. The Morgan fingerprint density at radius 2 is 2.23 bits per heavy atom. The fourth-order valence-electron chi connectivity index (χ4n) is 2.57. The van der Waals surface area contributed by atoms with E-state index in [1.54, 1.807) is 6.92 Å². The van der Waals surface area contributed by atoms with Gasteiger partial charge in [-0.05, 0) is 45.1 Å². The van der Waals surface area contributed by atoms with E-state index >= 15 is 0 Å². The lowest BCUT2D eigenvalue weighted by Crippen LogP contribution is -2.32. The largest absolute Gasteiger partial charge is 0.372 e. The van der Waals surface area contributed by atoms with Crippen LogP contribution < -0.4 is 0 Å². The molecule has 0 spiro atoms. The molecule has 2 heterocycles. The summed E-state index contributed by atoms with van der Waals surface area (Å²) in [6.45, 7) is 2.82. The Hall–Kier alpha value is -0.790. The average molecular weight is 179 g/mol. The monoisotopic (exact) mass is 179 g/mol. The van der Waals surface area contributed by atoms with Crippen LogP contribution in [0, 0.1) is 0 Å². The predicted octanol–water partition coefficient (Wildman–Crippen LogP) is 2.11. The van der Waals surface area contributed by atoms with Crippen LogP contribution in [0.4, 0.5) is 0 Å². The first-order valence-corrected chi connectivity index (χ1v) is 5.25. The molecule has 2 heteroatoms. The Labute approximate surface area is 79.6 Å². The summed E-state index contributed by atoms with van der Waals surface area (Å²) in [6.07, 6.45) is 8.16. The van der Waals surface area contributed by atoms with E-state index in [1.807, 2.05) is 6.08 Å². The zero-order valence-corrected chi connectivity index (χ0v) is 8.25. The van der Waals surface area contributed by atoms with Gasteiger partial charge in [0, 0.05) is 18.3 Å². The van der Waals surface area contributed by atoms with Gasteiger partial charge in [0.1, 0.15) is 0 Å². The molecule has 0 saturated carbocycles. The molecule has 1 unspecified atom stereocenters. The van der Waals surface area contributed by atoms with Crippen molar-refractivity contribution in [1.29, 1.82) is 0 Å². The van der Waals surface area contributed by atoms with Gasteiger partial charge >= 0.3 is 0 Å². The molecule has 2 saturated heterocycles. The SMILES string of the molecule is CC(=O)C=C1CCCC2CCCN12. The summed E-state index contributed by atoms with van der Waals surface area (Å²) in [5.41, 5.74) is 1.29. The summed E-state index contributed by atoms with van der Waals surface area (Å²) in [6, 6.07) is 0.749. The van der Waals surface area contributed by atoms with Crippen LogP contribution in [-0.2, 0) is 4.79 Å². The highest BCUT2D eigenvalue weighted by molar-refractivity contribution is 5.87. The van der Waals surface area contributed by atoms with Crippen molar-refractivity contribution in [3.63, 3.8) is 0 Å². The fourth-order valence-corrected chi connectivity index (χ4v) is 2.57. The van der Waals surface area contributed by atoms with Gasteiger partial charge in [0.15, 0.2) is 5.78 Å². The van der Waals surface area contributed by atoms with Crippen molar-refractivity contribution in [2.75, 3.05) is 6.54 Å². The van der Waals surface area contributed by atoms with Crippen molar-refractivity contribution < 1.29 is 4.79 Å². The summed E-state index contributed by atoms with van der Waals surface area (Å²) in [7, 11) is 0. The van der Waals surface area contributed by atoms with E-state index in [2.05, 4.69) is 4.90 Å². The summed E-state index contributed by atoms with van der Waals surface area (Å²) < 4.78 is 0. The zero-order chi connectivity index (χ0) is 9.26. The van der Waals surface area contributed by atoms with Crippen LogP contribution in [0.5, 0.6) is 0 Å². The fraction of sp³-hybridized carbons (Fsp3) is 0.727. The summed E-state index contributed by atoms with van der Waals surface area (Å²) >= 11 is 0. The molecule has 2 nitrogen and oxygen atoms in total. The molecule has 13 heavy (non-hydrogen) atoms. The predicted molar refractivity (Wildman–Crippen MR) is 52.3 cm³/mol. The van der Waals surface area contributed by atoms with Crippen LogP contribution in [0.3, 0.4) is 0 Å². The van der Waals surface area contributed by atoms with E-state index in [1.165, 1.54) is 37.9 Å². The number of carbonyl (C=O) groups is 1. The number of carbonyl (C=O) groups excluding carboxylic acids is 1. The topological polar surface area (TPSA) is 20.3 Å². The third-order valence-electron chi connectivity index (χ3n) is 3.09. The smallest absolute Gasteiger partial charge is 0.154 e. The first-order chi connectivity index (χ1) is 6.27. The van der Waals surface area contributed by atoms with E-state index in [0.717, 1.165) is 12.5 Å². The van der Waals surface area contributed by atoms with E-state index < -0.39 is 0 Å². The Kier molecular flexibility index (Phi) is 2.38. The van der Waals surface area contributed by atoms with E-state index in [0.29, 0.717) is 0 Å². The third-order valence-corrected chi connectivity index (χ3v) is 3.09. The van der Waals surface area contributed by atoms with Crippen LogP contribution in [0.2, 0.25) is 0 Å². The molecule has 0 aromatic carbocycles. The van der Waals surface area contributed by atoms with Gasteiger partial charge in [-0.3, -0.25) is 4.79 Å². The zero-order valence-electron chi connectivity index (χ0n) is 8.25. The van der Waals surface area contributed by atoms with Crippen molar-refractivity contribution in [2.24, 2.45) is 0 Å². The molecule has 0 amide bonds. The minimum absolute atomic E-state index is 0.197. The molecule has 2 aliphatic rings. The maximum Gasteiger partial charge on any atom is 0.154 e. The van der Waals surface area contributed by atoms with Crippen molar-refractivity contribution >= 4 is 5.78 Å². The second-order valence-electron chi connectivity index (χ2n) is 4.13. The Morgan fingerprint density at radius 1 is 1.46 bits per heavy atom. The van der Waals surface area contributed by atoms with Gasteiger partial charge in [-0.25, -0.2) is 0 Å². The minimum atomic E-state index is 0.197. The summed E-state index contributed by atoms with van der Waals surface area (Å²) in [5.74, 6) is 0.197. The Balaban J connectivity index is 2.14. The van der Waals surface area contributed by atoms with Gasteiger partial charge in [0.25, 0.3) is 0 Å². The second-order valence-corrected chi connectivity index (χ2v) is 4.13. The highest BCUT2D eigenvalue weighted by Gasteiger charge is 2.29. The average Bonchev–Trinajstić information content (AvgIpc) is 2.51. The molecule has 2 aliphatic heterocycles. The standard InChI is InChI=1S/C11H17NO/c1-9(13)8-11-5-2-4-10-6-3-7-12(10)11/h8,10H,2-7H2,1H3. The molecule has 2 rings (SSSR count). The molecule has 2 fully saturated rings. The second kappa shape index (κ2) is 3.52. The van der Waals surface area contributed by atoms with Gasteiger partial charge in [-0.1, -0.05) is 0 Å². The first kappa shape index (κ1) is 8.79. The highest BCUT2D eigenvalue weighted by atomic mass is 16.1. The number of piperidine rings is 1. The maximum atomic E-state index is 11.0. The molecule has 1 atom stereocenters. The van der Waals surface area contributed by atoms with Gasteiger partial charge in [-0.15, -0.1) is 0 Å². The van der Waals surface area contributed by atoms with E-state index in [4.69, 9.17) is 0 Å². The molecular formula is C11H17NO. The number of nitrogens with zero attached hydrogens (tertiary/aromatic N) is 1. The minimum Gasteiger partial charge on any atom is -0.372 e. The molecule has 0 aliphatic carbocycles. The van der Waals surface area contributed by atoms with Gasteiger partial charge in [-0.2, -0.15) is 0 Å². The van der Waals surface area contributed by atoms with Crippen LogP contribution in [0.1, 0.15) is 39.0 Å². The van der Waals surface area contributed by atoms with Crippen molar-refractivity contribution in [3.05, 3.63) is 11.8 Å². The summed E-state index contributed by atoms with van der Waals surface area (Å²) in [5, 5.41) is 0. The lowest BCUT2D eigenvalue weighted by molar-refractivity contribution is -0.112. The molecule has 0 aromatic rings. The lowest BCUT2D eigenvalue weighted by Gasteiger charge is -2.33. The number of allylic oxidation sites excluding steroid dienone is 2. The highest BCUT2D eigenvalue weighted by Crippen LogP contribution is 2.32. The molecule has 0 aromatic heterocycles. The van der Waals surface area contributed by atoms with Crippen molar-refractivity contribution in [2.45, 2.75) is 45.1 Å².